The summed E-state index contributed by atoms with van der Waals surface area (Å²) >= 11 is 0. The van der Waals surface area contributed by atoms with Gasteiger partial charge in [-0.3, -0.25) is 4.79 Å². The molecule has 0 aliphatic carbocycles. The van der Waals surface area contributed by atoms with E-state index in [4.69, 9.17) is 9.47 Å². The fourth-order valence-electron chi connectivity index (χ4n) is 2.30. The molecule has 1 rings (SSSR count). The second-order valence-corrected chi connectivity index (χ2v) is 6.26. The standard InChI is InChI=1S/C14H26N2O4/c1-14(2,3)20-13(18)15-11-7-9-16(4)8-6-10(11)12(17)19-5/h10-11H,6-9H2,1-5H3,(H,15,18)/t10-,11-/m1/s1. The van der Waals surface area contributed by atoms with E-state index in [0.29, 0.717) is 12.8 Å². The molecule has 1 fully saturated rings. The van der Waals surface area contributed by atoms with Crippen LogP contribution in [-0.2, 0) is 14.3 Å². The molecule has 6 heteroatoms. The molecule has 1 N–H and O–H groups in total. The third-order valence-electron chi connectivity index (χ3n) is 3.34. The number of rotatable bonds is 2. The topological polar surface area (TPSA) is 67.9 Å². The predicted molar refractivity (Wildman–Crippen MR) is 75.4 cm³/mol. The van der Waals surface area contributed by atoms with E-state index in [1.165, 1.54) is 7.11 Å². The van der Waals surface area contributed by atoms with Crippen LogP contribution in [0.2, 0.25) is 0 Å². The van der Waals surface area contributed by atoms with E-state index >= 15 is 0 Å². The number of carbonyl (C=O) groups excluding carboxylic acids is 2. The molecule has 1 amide bonds. The summed E-state index contributed by atoms with van der Waals surface area (Å²) in [6.07, 6.45) is 0.889. The van der Waals surface area contributed by atoms with Crippen molar-refractivity contribution in [3.05, 3.63) is 0 Å². The molecule has 0 aromatic heterocycles. The van der Waals surface area contributed by atoms with Crippen LogP contribution in [0.15, 0.2) is 0 Å². The van der Waals surface area contributed by atoms with Crippen molar-refractivity contribution in [1.29, 1.82) is 0 Å². The number of carbonyl (C=O) groups is 2. The summed E-state index contributed by atoms with van der Waals surface area (Å²) in [7, 11) is 3.38. The third-order valence-corrected chi connectivity index (χ3v) is 3.34. The van der Waals surface area contributed by atoms with Crippen molar-refractivity contribution >= 4 is 12.1 Å². The first-order chi connectivity index (χ1) is 9.23. The van der Waals surface area contributed by atoms with Crippen molar-refractivity contribution in [1.82, 2.24) is 10.2 Å². The molecular weight excluding hydrogens is 260 g/mol. The number of methoxy groups -OCH3 is 1. The smallest absolute Gasteiger partial charge is 0.407 e. The van der Waals surface area contributed by atoms with Crippen LogP contribution in [0.25, 0.3) is 0 Å². The zero-order chi connectivity index (χ0) is 15.3. The van der Waals surface area contributed by atoms with Gasteiger partial charge in [0.25, 0.3) is 0 Å². The number of hydrogen-bond donors (Lipinski definition) is 1. The minimum absolute atomic E-state index is 0.248. The Morgan fingerprint density at radius 2 is 1.80 bits per heavy atom. The van der Waals surface area contributed by atoms with Crippen molar-refractivity contribution in [3.8, 4) is 0 Å². The van der Waals surface area contributed by atoms with Crippen molar-refractivity contribution in [2.24, 2.45) is 5.92 Å². The summed E-state index contributed by atoms with van der Waals surface area (Å²) in [5.74, 6) is -0.598. The number of hydrogen-bond acceptors (Lipinski definition) is 5. The summed E-state index contributed by atoms with van der Waals surface area (Å²) in [5, 5.41) is 2.81. The average molecular weight is 286 g/mol. The zero-order valence-electron chi connectivity index (χ0n) is 13.1. The van der Waals surface area contributed by atoms with E-state index in [0.717, 1.165) is 13.1 Å². The summed E-state index contributed by atoms with van der Waals surface area (Å²) < 4.78 is 10.1. The number of amides is 1. The van der Waals surface area contributed by atoms with Gasteiger partial charge >= 0.3 is 12.1 Å². The largest absolute Gasteiger partial charge is 0.469 e. The number of ether oxygens (including phenoxy) is 2. The molecule has 0 unspecified atom stereocenters. The molecule has 20 heavy (non-hydrogen) atoms. The first-order valence-corrected chi connectivity index (χ1v) is 6.99. The number of alkyl carbamates (subject to hydrolysis) is 1. The fourth-order valence-corrected chi connectivity index (χ4v) is 2.30. The maximum Gasteiger partial charge on any atom is 0.407 e. The van der Waals surface area contributed by atoms with Gasteiger partial charge in [0.2, 0.25) is 0 Å². The van der Waals surface area contributed by atoms with E-state index in [1.807, 2.05) is 27.8 Å². The van der Waals surface area contributed by atoms with Crippen LogP contribution in [-0.4, -0.2) is 55.9 Å². The Hall–Kier alpha value is -1.30. The molecule has 6 nitrogen and oxygen atoms in total. The van der Waals surface area contributed by atoms with Gasteiger partial charge in [-0.1, -0.05) is 0 Å². The summed E-state index contributed by atoms with van der Waals surface area (Å²) in [6, 6.07) is -0.248. The SMILES string of the molecule is COC(=O)[C@@H]1CCN(C)CC[C@H]1NC(=O)OC(C)(C)C. The molecule has 2 atom stereocenters. The van der Waals surface area contributed by atoms with Crippen LogP contribution >= 0.6 is 0 Å². The lowest BCUT2D eigenvalue weighted by atomic mass is 9.95. The van der Waals surface area contributed by atoms with Gasteiger partial charge in [0.05, 0.1) is 13.0 Å². The molecule has 1 aliphatic heterocycles. The summed E-state index contributed by atoms with van der Waals surface area (Å²) in [5.41, 5.74) is -0.549. The molecular formula is C14H26N2O4. The average Bonchev–Trinajstić information content (AvgIpc) is 2.49. The highest BCUT2D eigenvalue weighted by Crippen LogP contribution is 2.20. The van der Waals surface area contributed by atoms with Gasteiger partial charge in [0, 0.05) is 6.04 Å². The van der Waals surface area contributed by atoms with Gasteiger partial charge in [-0.05, 0) is 53.8 Å². The Labute approximate surface area is 120 Å². The Bertz CT molecular complexity index is 352. The van der Waals surface area contributed by atoms with Crippen molar-refractivity contribution in [3.63, 3.8) is 0 Å². The first-order valence-electron chi connectivity index (χ1n) is 6.99. The van der Waals surface area contributed by atoms with Gasteiger partial charge < -0.3 is 19.7 Å². The number of esters is 1. The normalized spacial score (nSPS) is 24.6. The second kappa shape index (κ2) is 6.92. The minimum atomic E-state index is -0.549. The molecule has 116 valence electrons. The van der Waals surface area contributed by atoms with E-state index in [1.54, 1.807) is 0 Å². The Morgan fingerprint density at radius 3 is 2.35 bits per heavy atom. The van der Waals surface area contributed by atoms with Crippen LogP contribution < -0.4 is 5.32 Å². The fraction of sp³-hybridized carbons (Fsp3) is 0.857. The van der Waals surface area contributed by atoms with Crippen LogP contribution in [0.1, 0.15) is 33.6 Å². The molecule has 0 bridgehead atoms. The van der Waals surface area contributed by atoms with Gasteiger partial charge in [-0.15, -0.1) is 0 Å². The zero-order valence-corrected chi connectivity index (χ0v) is 13.1. The van der Waals surface area contributed by atoms with Crippen LogP contribution in [0.3, 0.4) is 0 Å². The van der Waals surface area contributed by atoms with E-state index < -0.39 is 11.7 Å². The quantitative estimate of drug-likeness (QED) is 0.777. The van der Waals surface area contributed by atoms with Crippen molar-refractivity contribution < 1.29 is 19.1 Å². The maximum atomic E-state index is 11.9. The summed E-state index contributed by atoms with van der Waals surface area (Å²) in [6.45, 7) is 7.07. The van der Waals surface area contributed by atoms with Crippen LogP contribution in [0, 0.1) is 5.92 Å². The van der Waals surface area contributed by atoms with Gasteiger partial charge in [-0.2, -0.15) is 0 Å². The number of nitrogens with one attached hydrogen (secondary N) is 1. The van der Waals surface area contributed by atoms with Gasteiger partial charge in [0.15, 0.2) is 0 Å². The first kappa shape index (κ1) is 16.8. The highest BCUT2D eigenvalue weighted by Gasteiger charge is 2.33. The number of likely N-dealkylation sites (tertiary alicyclic amines) is 1. The van der Waals surface area contributed by atoms with Crippen LogP contribution in [0.5, 0.6) is 0 Å². The lowest BCUT2D eigenvalue weighted by molar-refractivity contribution is -0.146. The molecule has 0 saturated carbocycles. The highest BCUT2D eigenvalue weighted by atomic mass is 16.6. The maximum absolute atomic E-state index is 11.9. The van der Waals surface area contributed by atoms with Gasteiger partial charge in [-0.25, -0.2) is 4.79 Å². The molecule has 0 spiro atoms. The van der Waals surface area contributed by atoms with Crippen molar-refractivity contribution in [2.45, 2.75) is 45.3 Å². The van der Waals surface area contributed by atoms with E-state index in [-0.39, 0.29) is 17.9 Å². The molecule has 0 radical (unpaired) electrons. The monoisotopic (exact) mass is 286 g/mol. The molecule has 1 aliphatic rings. The Balaban J connectivity index is 2.70. The predicted octanol–water partition coefficient (Wildman–Crippen LogP) is 1.39. The Morgan fingerprint density at radius 1 is 1.20 bits per heavy atom. The second-order valence-electron chi connectivity index (χ2n) is 6.26. The lowest BCUT2D eigenvalue weighted by Crippen LogP contribution is -2.45. The summed E-state index contributed by atoms with van der Waals surface area (Å²) in [4.78, 5) is 25.9. The third kappa shape index (κ3) is 5.36. The molecule has 1 heterocycles. The highest BCUT2D eigenvalue weighted by molar-refractivity contribution is 5.75. The van der Waals surface area contributed by atoms with Crippen molar-refractivity contribution in [2.75, 3.05) is 27.2 Å². The van der Waals surface area contributed by atoms with Gasteiger partial charge in [0.1, 0.15) is 5.60 Å². The minimum Gasteiger partial charge on any atom is -0.469 e. The van der Waals surface area contributed by atoms with E-state index in [2.05, 4.69) is 10.2 Å². The molecule has 1 saturated heterocycles. The lowest BCUT2D eigenvalue weighted by Gasteiger charge is -2.26. The van der Waals surface area contributed by atoms with E-state index in [9.17, 15) is 9.59 Å². The molecule has 0 aromatic rings. The number of nitrogens with zero attached hydrogens (tertiary/aromatic N) is 1. The van der Waals surface area contributed by atoms with Crippen LogP contribution in [0.4, 0.5) is 4.79 Å². The molecule has 0 aromatic carbocycles. The Kier molecular flexibility index (Phi) is 5.80.